The van der Waals surface area contributed by atoms with Crippen molar-refractivity contribution in [1.29, 1.82) is 5.26 Å². The molecule has 0 heterocycles. The lowest BCUT2D eigenvalue weighted by Crippen LogP contribution is -2.17. The van der Waals surface area contributed by atoms with Crippen LogP contribution >= 0.6 is 15.9 Å². The first-order valence-electron chi connectivity index (χ1n) is 5.52. The van der Waals surface area contributed by atoms with Crippen LogP contribution in [-0.4, -0.2) is 11.2 Å². The first kappa shape index (κ1) is 13.2. The van der Waals surface area contributed by atoms with E-state index >= 15 is 0 Å². The molecule has 1 aromatic rings. The third kappa shape index (κ3) is 3.62. The van der Waals surface area contributed by atoms with Gasteiger partial charge in [0.1, 0.15) is 0 Å². The Hall–Kier alpha value is -0.850. The van der Waals surface area contributed by atoms with Crippen molar-refractivity contribution in [3.8, 4) is 6.07 Å². The maximum absolute atomic E-state index is 9.95. The van der Waals surface area contributed by atoms with Crippen LogP contribution in [0.15, 0.2) is 28.7 Å². The van der Waals surface area contributed by atoms with E-state index in [1.807, 2.05) is 24.3 Å². The summed E-state index contributed by atoms with van der Waals surface area (Å²) >= 11 is 3.37. The Morgan fingerprint density at radius 3 is 2.81 bits per heavy atom. The molecule has 0 saturated heterocycles. The van der Waals surface area contributed by atoms with E-state index in [4.69, 9.17) is 5.26 Å². The van der Waals surface area contributed by atoms with Gasteiger partial charge in [0.25, 0.3) is 0 Å². The van der Waals surface area contributed by atoms with Gasteiger partial charge >= 0.3 is 0 Å². The minimum atomic E-state index is -0.570. The summed E-state index contributed by atoms with van der Waals surface area (Å²) in [6.07, 6.45) is 2.10. The summed E-state index contributed by atoms with van der Waals surface area (Å²) in [6, 6.07) is 9.76. The Bertz CT molecular complexity index is 372. The Kier molecular flexibility index (Phi) is 5.51. The van der Waals surface area contributed by atoms with Crippen molar-refractivity contribution >= 4 is 15.9 Å². The molecule has 2 nitrogen and oxygen atoms in total. The third-order valence-corrected chi connectivity index (χ3v) is 3.08. The average molecular weight is 282 g/mol. The number of aliphatic hydroxyl groups excluding tert-OH is 1. The molecule has 0 spiro atoms. The molecule has 0 aromatic heterocycles. The smallest absolute Gasteiger partial charge is 0.0972 e. The van der Waals surface area contributed by atoms with Crippen LogP contribution in [-0.2, 0) is 0 Å². The number of unbranched alkanes of at least 4 members (excludes halogenated alkanes) is 1. The number of aliphatic hydroxyl groups is 1. The maximum Gasteiger partial charge on any atom is 0.0972 e. The van der Waals surface area contributed by atoms with Crippen molar-refractivity contribution in [2.45, 2.75) is 38.2 Å². The number of rotatable bonds is 5. The van der Waals surface area contributed by atoms with Gasteiger partial charge in [0, 0.05) is 4.47 Å². The molecule has 1 aromatic carbocycles. The SMILES string of the molecule is CCCCC(O)C(C#N)c1cccc(Br)c1. The van der Waals surface area contributed by atoms with E-state index in [9.17, 15) is 5.11 Å². The maximum atomic E-state index is 9.95. The van der Waals surface area contributed by atoms with E-state index < -0.39 is 12.0 Å². The molecule has 86 valence electrons. The van der Waals surface area contributed by atoms with Gasteiger partial charge < -0.3 is 5.11 Å². The highest BCUT2D eigenvalue weighted by molar-refractivity contribution is 9.10. The molecule has 1 rings (SSSR count). The second kappa shape index (κ2) is 6.67. The largest absolute Gasteiger partial charge is 0.391 e. The predicted molar refractivity (Wildman–Crippen MR) is 68.0 cm³/mol. The summed E-state index contributed by atoms with van der Waals surface area (Å²) in [4.78, 5) is 0. The average Bonchev–Trinajstić information content (AvgIpc) is 2.27. The zero-order valence-electron chi connectivity index (χ0n) is 9.36. The third-order valence-electron chi connectivity index (χ3n) is 2.59. The number of nitrogens with zero attached hydrogens (tertiary/aromatic N) is 1. The monoisotopic (exact) mass is 281 g/mol. The van der Waals surface area contributed by atoms with Crippen LogP contribution in [0, 0.1) is 11.3 Å². The van der Waals surface area contributed by atoms with E-state index in [1.165, 1.54) is 0 Å². The zero-order valence-corrected chi connectivity index (χ0v) is 10.9. The molecule has 3 heteroatoms. The van der Waals surface area contributed by atoms with Crippen LogP contribution in [0.2, 0.25) is 0 Å². The summed E-state index contributed by atoms with van der Waals surface area (Å²) in [5, 5.41) is 19.1. The number of halogens is 1. The Balaban J connectivity index is 2.78. The lowest BCUT2D eigenvalue weighted by atomic mass is 9.92. The van der Waals surface area contributed by atoms with E-state index in [1.54, 1.807) is 0 Å². The van der Waals surface area contributed by atoms with Gasteiger partial charge in [-0.25, -0.2) is 0 Å². The molecular formula is C13H16BrNO. The fraction of sp³-hybridized carbons (Fsp3) is 0.462. The lowest BCUT2D eigenvalue weighted by Gasteiger charge is -2.16. The van der Waals surface area contributed by atoms with Crippen LogP contribution in [0.25, 0.3) is 0 Å². The highest BCUT2D eigenvalue weighted by Crippen LogP contribution is 2.24. The van der Waals surface area contributed by atoms with Crippen molar-refractivity contribution in [3.05, 3.63) is 34.3 Å². The number of nitriles is 1. The van der Waals surface area contributed by atoms with E-state index in [0.717, 1.165) is 22.9 Å². The van der Waals surface area contributed by atoms with E-state index in [0.29, 0.717) is 6.42 Å². The van der Waals surface area contributed by atoms with Gasteiger partial charge in [-0.05, 0) is 24.1 Å². The van der Waals surface area contributed by atoms with Crippen molar-refractivity contribution in [2.24, 2.45) is 0 Å². The molecule has 0 fully saturated rings. The van der Waals surface area contributed by atoms with Gasteiger partial charge in [-0.3, -0.25) is 0 Å². The fourth-order valence-corrected chi connectivity index (χ4v) is 2.08. The van der Waals surface area contributed by atoms with Crippen LogP contribution in [0.3, 0.4) is 0 Å². The van der Waals surface area contributed by atoms with Crippen LogP contribution in [0.5, 0.6) is 0 Å². The molecule has 0 aliphatic heterocycles. The molecule has 0 aliphatic carbocycles. The zero-order chi connectivity index (χ0) is 12.0. The van der Waals surface area contributed by atoms with Gasteiger partial charge in [0.2, 0.25) is 0 Å². The summed E-state index contributed by atoms with van der Waals surface area (Å²) in [5.74, 6) is -0.427. The second-order valence-corrected chi connectivity index (χ2v) is 4.79. The number of hydrogen-bond acceptors (Lipinski definition) is 2. The molecule has 2 atom stereocenters. The van der Waals surface area contributed by atoms with E-state index in [-0.39, 0.29) is 0 Å². The first-order chi connectivity index (χ1) is 7.69. The minimum absolute atomic E-state index is 0.427. The predicted octanol–water partition coefficient (Wildman–Crippen LogP) is 3.61. The van der Waals surface area contributed by atoms with E-state index in [2.05, 4.69) is 28.9 Å². The molecule has 0 aliphatic rings. The van der Waals surface area contributed by atoms with Gasteiger partial charge in [-0.15, -0.1) is 0 Å². The van der Waals surface area contributed by atoms with Crippen molar-refractivity contribution < 1.29 is 5.11 Å². The molecule has 0 amide bonds. The van der Waals surface area contributed by atoms with Crippen LogP contribution < -0.4 is 0 Å². The van der Waals surface area contributed by atoms with Gasteiger partial charge in [-0.2, -0.15) is 5.26 Å². The molecule has 0 radical (unpaired) electrons. The minimum Gasteiger partial charge on any atom is -0.391 e. The highest BCUT2D eigenvalue weighted by Gasteiger charge is 2.20. The summed E-state index contributed by atoms with van der Waals surface area (Å²) in [5.41, 5.74) is 0.875. The topological polar surface area (TPSA) is 44.0 Å². The molecule has 0 bridgehead atoms. The standard InChI is InChI=1S/C13H16BrNO/c1-2-3-7-13(16)12(9-15)10-5-4-6-11(14)8-10/h4-6,8,12-13,16H,2-3,7H2,1H3. The summed E-state index contributed by atoms with van der Waals surface area (Å²) < 4.78 is 0.938. The van der Waals surface area contributed by atoms with Crippen molar-refractivity contribution in [3.63, 3.8) is 0 Å². The number of benzene rings is 1. The molecular weight excluding hydrogens is 266 g/mol. The fourth-order valence-electron chi connectivity index (χ4n) is 1.66. The van der Waals surface area contributed by atoms with Crippen LogP contribution in [0.4, 0.5) is 0 Å². The summed E-state index contributed by atoms with van der Waals surface area (Å²) in [6.45, 7) is 2.08. The molecule has 16 heavy (non-hydrogen) atoms. The molecule has 2 unspecified atom stereocenters. The number of hydrogen-bond donors (Lipinski definition) is 1. The Morgan fingerprint density at radius 2 is 2.25 bits per heavy atom. The quantitative estimate of drug-likeness (QED) is 0.896. The first-order valence-corrected chi connectivity index (χ1v) is 6.31. The van der Waals surface area contributed by atoms with Crippen LogP contribution in [0.1, 0.15) is 37.7 Å². The summed E-state index contributed by atoms with van der Waals surface area (Å²) in [7, 11) is 0. The molecule has 0 saturated carbocycles. The van der Waals surface area contributed by atoms with Gasteiger partial charge in [0.15, 0.2) is 0 Å². The second-order valence-electron chi connectivity index (χ2n) is 3.87. The normalized spacial score (nSPS) is 14.1. The van der Waals surface area contributed by atoms with Gasteiger partial charge in [-0.1, -0.05) is 47.8 Å². The molecule has 1 N–H and O–H groups in total. The highest BCUT2D eigenvalue weighted by atomic mass is 79.9. The Labute approximate surface area is 105 Å². The van der Waals surface area contributed by atoms with Crippen molar-refractivity contribution in [2.75, 3.05) is 0 Å². The van der Waals surface area contributed by atoms with Crippen molar-refractivity contribution in [1.82, 2.24) is 0 Å². The lowest BCUT2D eigenvalue weighted by molar-refractivity contribution is 0.148. The Morgan fingerprint density at radius 1 is 1.50 bits per heavy atom. The van der Waals surface area contributed by atoms with Gasteiger partial charge in [0.05, 0.1) is 18.1 Å².